The molecule has 1 saturated carbocycles. The number of nitrogens with zero attached hydrogens (tertiary/aromatic N) is 4. The molecule has 1 aliphatic carbocycles. The highest BCUT2D eigenvalue weighted by molar-refractivity contribution is 5.93. The number of carbonyl (C=O) groups is 2. The van der Waals surface area contributed by atoms with E-state index in [0.29, 0.717) is 56.1 Å². The highest BCUT2D eigenvalue weighted by Crippen LogP contribution is 2.47. The minimum Gasteiger partial charge on any atom is -0.342 e. The van der Waals surface area contributed by atoms with Gasteiger partial charge in [0.15, 0.2) is 5.60 Å². The van der Waals surface area contributed by atoms with Crippen molar-refractivity contribution in [2.24, 2.45) is 0 Å². The lowest BCUT2D eigenvalue weighted by atomic mass is 9.89. The predicted molar refractivity (Wildman–Crippen MR) is 108 cm³/mol. The maximum absolute atomic E-state index is 13.8. The first-order valence-corrected chi connectivity index (χ1v) is 11.2. The Hall–Kier alpha value is -2.81. The molecule has 4 fully saturated rings. The number of hydrogen-bond donors (Lipinski definition) is 0. The van der Waals surface area contributed by atoms with Crippen LogP contribution in [-0.4, -0.2) is 56.3 Å². The summed E-state index contributed by atoms with van der Waals surface area (Å²) < 4.78 is 35.6. The number of fused-ring (bicyclic) bond motifs is 1. The zero-order valence-corrected chi connectivity index (χ0v) is 17.5. The molecule has 3 saturated heterocycles. The summed E-state index contributed by atoms with van der Waals surface area (Å²) in [4.78, 5) is 29.7. The summed E-state index contributed by atoms with van der Waals surface area (Å²) in [5, 5.41) is 4.41. The summed E-state index contributed by atoms with van der Waals surface area (Å²) in [7, 11) is 0. The van der Waals surface area contributed by atoms with Crippen molar-refractivity contribution in [2.75, 3.05) is 13.1 Å². The third-order valence-electron chi connectivity index (χ3n) is 7.20. The summed E-state index contributed by atoms with van der Waals surface area (Å²) in [6.07, 6.45) is 5.68. The molecule has 3 aliphatic heterocycles. The maximum atomic E-state index is 13.8. The zero-order chi connectivity index (χ0) is 22.0. The highest BCUT2D eigenvalue weighted by Gasteiger charge is 2.58. The molecule has 7 nitrogen and oxygen atoms in total. The van der Waals surface area contributed by atoms with Gasteiger partial charge in [-0.25, -0.2) is 8.78 Å². The number of amides is 2. The molecule has 168 valence electrons. The van der Waals surface area contributed by atoms with Crippen LogP contribution in [0, 0.1) is 11.6 Å². The Kier molecular flexibility index (Phi) is 4.40. The fourth-order valence-electron chi connectivity index (χ4n) is 5.37. The summed E-state index contributed by atoms with van der Waals surface area (Å²) >= 11 is 0. The Labute approximate surface area is 183 Å². The van der Waals surface area contributed by atoms with Crippen LogP contribution in [0.1, 0.15) is 66.7 Å². The number of halogens is 2. The topological polar surface area (TPSA) is 67.7 Å². The lowest BCUT2D eigenvalue weighted by molar-refractivity contribution is -0.142. The number of benzene rings is 1. The SMILES string of the molecule is O=C(c1ccn(C2CC2)n1)N1CCC2(CC1)OC1CCC(c3cc(F)cc(F)c3)N1C2=O. The Balaban J connectivity index is 1.16. The molecule has 1 spiro atoms. The lowest BCUT2D eigenvalue weighted by Gasteiger charge is -2.37. The van der Waals surface area contributed by atoms with E-state index in [1.165, 1.54) is 12.1 Å². The van der Waals surface area contributed by atoms with Gasteiger partial charge in [-0.15, -0.1) is 0 Å². The van der Waals surface area contributed by atoms with Crippen LogP contribution in [0.4, 0.5) is 8.78 Å². The molecule has 0 radical (unpaired) electrons. The van der Waals surface area contributed by atoms with E-state index in [9.17, 15) is 18.4 Å². The van der Waals surface area contributed by atoms with Crippen LogP contribution in [0.5, 0.6) is 0 Å². The molecule has 2 atom stereocenters. The molecular formula is C23H24F2N4O3. The van der Waals surface area contributed by atoms with Crippen molar-refractivity contribution in [1.29, 1.82) is 0 Å². The van der Waals surface area contributed by atoms with E-state index < -0.39 is 29.5 Å². The van der Waals surface area contributed by atoms with E-state index in [1.807, 2.05) is 10.9 Å². The quantitative estimate of drug-likeness (QED) is 0.732. The molecule has 2 amide bonds. The standard InChI is InChI=1S/C23H24F2N4O3/c24-15-11-14(12-16(25)13-15)19-3-4-20-29(19)22(31)23(32-20)6-9-27(10-7-23)21(30)18-5-8-28(26-18)17-1-2-17/h5,8,11-13,17,19-20H,1-4,6-7,9-10H2. The largest absolute Gasteiger partial charge is 0.342 e. The minimum absolute atomic E-state index is 0.127. The summed E-state index contributed by atoms with van der Waals surface area (Å²) in [5.41, 5.74) is -0.0856. The molecule has 0 bridgehead atoms. The third-order valence-corrected chi connectivity index (χ3v) is 7.20. The molecule has 6 rings (SSSR count). The van der Waals surface area contributed by atoms with Crippen LogP contribution in [0.15, 0.2) is 30.5 Å². The van der Waals surface area contributed by atoms with Crippen molar-refractivity contribution in [1.82, 2.24) is 19.6 Å². The van der Waals surface area contributed by atoms with E-state index in [-0.39, 0.29) is 11.8 Å². The van der Waals surface area contributed by atoms with Gasteiger partial charge in [0.1, 0.15) is 23.6 Å². The van der Waals surface area contributed by atoms with E-state index >= 15 is 0 Å². The van der Waals surface area contributed by atoms with Crippen LogP contribution < -0.4 is 0 Å². The third kappa shape index (κ3) is 3.13. The van der Waals surface area contributed by atoms with Gasteiger partial charge in [0.2, 0.25) is 0 Å². The Morgan fingerprint density at radius 1 is 1.06 bits per heavy atom. The van der Waals surface area contributed by atoms with Crippen molar-refractivity contribution in [3.8, 4) is 0 Å². The van der Waals surface area contributed by atoms with Crippen molar-refractivity contribution in [3.63, 3.8) is 0 Å². The molecule has 9 heteroatoms. The molecule has 1 aromatic carbocycles. The second-order valence-corrected chi connectivity index (χ2v) is 9.28. The Morgan fingerprint density at radius 3 is 2.47 bits per heavy atom. The summed E-state index contributed by atoms with van der Waals surface area (Å²) in [6, 6.07) is 5.18. The first-order chi connectivity index (χ1) is 15.4. The summed E-state index contributed by atoms with van der Waals surface area (Å²) in [6.45, 7) is 0.807. The van der Waals surface area contributed by atoms with Gasteiger partial charge in [-0.3, -0.25) is 14.3 Å². The van der Waals surface area contributed by atoms with Gasteiger partial charge in [0, 0.05) is 38.2 Å². The first-order valence-electron chi connectivity index (χ1n) is 11.2. The maximum Gasteiger partial charge on any atom is 0.274 e. The average Bonchev–Trinajstić information content (AvgIpc) is 3.25. The molecule has 1 aromatic heterocycles. The van der Waals surface area contributed by atoms with Crippen LogP contribution in [-0.2, 0) is 9.53 Å². The number of hydrogen-bond acceptors (Lipinski definition) is 4. The number of piperidine rings is 1. The molecule has 4 aliphatic rings. The van der Waals surface area contributed by atoms with Crippen molar-refractivity contribution in [3.05, 3.63) is 53.4 Å². The smallest absolute Gasteiger partial charge is 0.274 e. The first kappa shape index (κ1) is 19.8. The second-order valence-electron chi connectivity index (χ2n) is 9.28. The van der Waals surface area contributed by atoms with E-state index in [4.69, 9.17) is 4.74 Å². The molecule has 2 unspecified atom stereocenters. The molecule has 4 heterocycles. The van der Waals surface area contributed by atoms with Gasteiger partial charge >= 0.3 is 0 Å². The fourth-order valence-corrected chi connectivity index (χ4v) is 5.37. The van der Waals surface area contributed by atoms with Crippen LogP contribution >= 0.6 is 0 Å². The lowest BCUT2D eigenvalue weighted by Crippen LogP contribution is -2.51. The number of ether oxygens (including phenoxy) is 1. The van der Waals surface area contributed by atoms with E-state index in [2.05, 4.69) is 5.10 Å². The molecular weight excluding hydrogens is 418 g/mol. The monoisotopic (exact) mass is 442 g/mol. The van der Waals surface area contributed by atoms with Crippen LogP contribution in [0.3, 0.4) is 0 Å². The summed E-state index contributed by atoms with van der Waals surface area (Å²) in [5.74, 6) is -1.57. The van der Waals surface area contributed by atoms with Crippen molar-refractivity contribution in [2.45, 2.75) is 62.4 Å². The van der Waals surface area contributed by atoms with Gasteiger partial charge in [-0.2, -0.15) is 5.10 Å². The van der Waals surface area contributed by atoms with Crippen LogP contribution in [0.2, 0.25) is 0 Å². The highest BCUT2D eigenvalue weighted by atomic mass is 19.1. The minimum atomic E-state index is -0.973. The van der Waals surface area contributed by atoms with Gasteiger partial charge in [-0.1, -0.05) is 0 Å². The van der Waals surface area contributed by atoms with Gasteiger partial charge < -0.3 is 14.5 Å². The van der Waals surface area contributed by atoms with E-state index in [1.54, 1.807) is 15.9 Å². The molecule has 2 aromatic rings. The van der Waals surface area contributed by atoms with Crippen LogP contribution in [0.25, 0.3) is 0 Å². The zero-order valence-electron chi connectivity index (χ0n) is 17.5. The van der Waals surface area contributed by atoms with E-state index in [0.717, 1.165) is 18.9 Å². The van der Waals surface area contributed by atoms with Gasteiger partial charge in [0.25, 0.3) is 11.8 Å². The normalized spacial score (nSPS) is 26.8. The van der Waals surface area contributed by atoms with Gasteiger partial charge in [-0.05, 0) is 49.4 Å². The predicted octanol–water partition coefficient (Wildman–Crippen LogP) is 3.19. The molecule has 0 N–H and O–H groups in total. The number of aromatic nitrogens is 2. The number of rotatable bonds is 3. The number of likely N-dealkylation sites (tertiary alicyclic amines) is 1. The Bertz CT molecular complexity index is 1070. The second kappa shape index (κ2) is 7.10. The van der Waals surface area contributed by atoms with Crippen molar-refractivity contribution >= 4 is 11.8 Å². The number of carbonyl (C=O) groups excluding carboxylic acids is 2. The van der Waals surface area contributed by atoms with Gasteiger partial charge in [0.05, 0.1) is 12.1 Å². The Morgan fingerprint density at radius 2 is 1.78 bits per heavy atom. The fraction of sp³-hybridized carbons (Fsp3) is 0.522. The average molecular weight is 442 g/mol. The van der Waals surface area contributed by atoms with Crippen molar-refractivity contribution < 1.29 is 23.1 Å². The molecule has 32 heavy (non-hydrogen) atoms.